The molecule has 0 unspecified atom stereocenters. The van der Waals surface area contributed by atoms with Gasteiger partial charge in [-0.05, 0) is 61.8 Å². The van der Waals surface area contributed by atoms with Gasteiger partial charge in [0.1, 0.15) is 11.9 Å². The standard InChI is InChI=1S/C30H28ClN3O/c1-19-26-14-13-25-27(22-10-6-8-21(16-22)9-7-15-31)33-20(2)34-29(25)30(26,17-23(18-32)28(19)35)24-11-4-3-5-12-24/h3-6,8,10-12,16-17,19,26H,7,9,13-15H2,1-2H3/t19-,26-,30+/m0/s1. The van der Waals surface area contributed by atoms with E-state index in [1.54, 1.807) is 0 Å². The minimum atomic E-state index is -0.647. The Kier molecular flexibility index (Phi) is 6.30. The summed E-state index contributed by atoms with van der Waals surface area (Å²) in [4.78, 5) is 23.0. The molecule has 176 valence electrons. The van der Waals surface area contributed by atoms with Crippen LogP contribution in [0.5, 0.6) is 0 Å². The molecule has 0 N–H and O–H groups in total. The fourth-order valence-corrected chi connectivity index (χ4v) is 6.18. The van der Waals surface area contributed by atoms with E-state index in [1.807, 2.05) is 38.1 Å². The molecular weight excluding hydrogens is 454 g/mol. The van der Waals surface area contributed by atoms with Crippen LogP contribution in [0.1, 0.15) is 48.0 Å². The van der Waals surface area contributed by atoms with E-state index in [0.717, 1.165) is 53.8 Å². The zero-order chi connectivity index (χ0) is 24.6. The smallest absolute Gasteiger partial charge is 0.176 e. The highest BCUT2D eigenvalue weighted by Gasteiger charge is 2.53. The summed E-state index contributed by atoms with van der Waals surface area (Å²) >= 11 is 5.94. The van der Waals surface area contributed by atoms with Crippen LogP contribution in [0.2, 0.25) is 0 Å². The van der Waals surface area contributed by atoms with E-state index in [2.05, 4.69) is 42.5 Å². The number of aryl methyl sites for hydroxylation is 2. The Labute approximate surface area is 211 Å². The van der Waals surface area contributed by atoms with Crippen molar-refractivity contribution in [1.82, 2.24) is 9.97 Å². The molecule has 35 heavy (non-hydrogen) atoms. The minimum Gasteiger partial charge on any atom is -0.293 e. The maximum atomic E-state index is 13.0. The topological polar surface area (TPSA) is 66.6 Å². The van der Waals surface area contributed by atoms with Gasteiger partial charge in [0.25, 0.3) is 0 Å². The number of halogens is 1. The SMILES string of the molecule is Cc1nc(-c2cccc(CCCCl)c2)c2c(n1)[C@@]1(c3ccccc3)C=C(C#N)C(=O)[C@@H](C)[C@@H]1CC2. The average molecular weight is 482 g/mol. The summed E-state index contributed by atoms with van der Waals surface area (Å²) in [6, 6.07) is 20.9. The summed E-state index contributed by atoms with van der Waals surface area (Å²) < 4.78 is 0. The van der Waals surface area contributed by atoms with Crippen molar-refractivity contribution in [1.29, 1.82) is 5.26 Å². The van der Waals surface area contributed by atoms with Crippen molar-refractivity contribution in [3.63, 3.8) is 0 Å². The Morgan fingerprint density at radius 3 is 2.69 bits per heavy atom. The molecule has 1 heterocycles. The van der Waals surface area contributed by atoms with Crippen LogP contribution >= 0.6 is 11.6 Å². The Hall–Kier alpha value is -3.29. The number of hydrogen-bond donors (Lipinski definition) is 0. The average Bonchev–Trinajstić information content (AvgIpc) is 2.89. The molecule has 5 heteroatoms. The van der Waals surface area contributed by atoms with Crippen molar-refractivity contribution < 1.29 is 4.79 Å². The van der Waals surface area contributed by atoms with Gasteiger partial charge in [0.2, 0.25) is 0 Å². The van der Waals surface area contributed by atoms with Gasteiger partial charge in [-0.2, -0.15) is 5.26 Å². The van der Waals surface area contributed by atoms with Crippen molar-refractivity contribution in [2.75, 3.05) is 5.88 Å². The van der Waals surface area contributed by atoms with Crippen LogP contribution in [0.15, 0.2) is 66.2 Å². The molecule has 5 rings (SSSR count). The quantitative estimate of drug-likeness (QED) is 0.410. The van der Waals surface area contributed by atoms with Crippen LogP contribution in [-0.2, 0) is 23.1 Å². The second-order valence-corrected chi connectivity index (χ2v) is 10.0. The van der Waals surface area contributed by atoms with E-state index in [4.69, 9.17) is 21.6 Å². The normalized spacial score (nSPS) is 23.1. The lowest BCUT2D eigenvalue weighted by atomic mass is 9.54. The predicted molar refractivity (Wildman–Crippen MR) is 138 cm³/mol. The van der Waals surface area contributed by atoms with Gasteiger partial charge in [-0.3, -0.25) is 4.79 Å². The Morgan fingerprint density at radius 1 is 1.14 bits per heavy atom. The molecular formula is C30H28ClN3O. The van der Waals surface area contributed by atoms with E-state index < -0.39 is 5.41 Å². The fraction of sp³-hybridized carbons (Fsp3) is 0.333. The lowest BCUT2D eigenvalue weighted by molar-refractivity contribution is -0.121. The Morgan fingerprint density at radius 2 is 1.94 bits per heavy atom. The molecule has 2 aliphatic rings. The van der Waals surface area contributed by atoms with E-state index in [1.165, 1.54) is 5.56 Å². The predicted octanol–water partition coefficient (Wildman–Crippen LogP) is 6.14. The molecule has 2 aromatic carbocycles. The number of benzene rings is 2. The Balaban J connectivity index is 1.79. The molecule has 3 aromatic rings. The first-order valence-electron chi connectivity index (χ1n) is 12.3. The first kappa shape index (κ1) is 23.5. The summed E-state index contributed by atoms with van der Waals surface area (Å²) in [6.45, 7) is 3.89. The summed E-state index contributed by atoms with van der Waals surface area (Å²) in [7, 11) is 0. The number of aromatic nitrogens is 2. The molecule has 3 atom stereocenters. The highest BCUT2D eigenvalue weighted by molar-refractivity contribution is 6.17. The third-order valence-electron chi connectivity index (χ3n) is 7.63. The van der Waals surface area contributed by atoms with Crippen molar-refractivity contribution in [3.8, 4) is 17.3 Å². The van der Waals surface area contributed by atoms with Gasteiger partial charge in [-0.25, -0.2) is 9.97 Å². The van der Waals surface area contributed by atoms with Crippen molar-refractivity contribution in [2.45, 2.75) is 44.9 Å². The van der Waals surface area contributed by atoms with Crippen LogP contribution in [0.25, 0.3) is 11.3 Å². The number of carbonyl (C=O) groups excluding carboxylic acids is 1. The molecule has 1 aromatic heterocycles. The number of ketones is 1. The van der Waals surface area contributed by atoms with Gasteiger partial charge < -0.3 is 0 Å². The fourth-order valence-electron chi connectivity index (χ4n) is 6.04. The first-order valence-corrected chi connectivity index (χ1v) is 12.8. The van der Waals surface area contributed by atoms with Crippen LogP contribution in [-0.4, -0.2) is 21.6 Å². The number of nitrogens with zero attached hydrogens (tertiary/aromatic N) is 3. The number of allylic oxidation sites excluding steroid dienone is 2. The van der Waals surface area contributed by atoms with E-state index in [9.17, 15) is 10.1 Å². The number of fused-ring (bicyclic) bond motifs is 3. The number of nitriles is 1. The maximum Gasteiger partial charge on any atom is 0.176 e. The third kappa shape index (κ3) is 3.89. The van der Waals surface area contributed by atoms with E-state index in [-0.39, 0.29) is 23.2 Å². The van der Waals surface area contributed by atoms with Gasteiger partial charge >= 0.3 is 0 Å². The van der Waals surface area contributed by atoms with Crippen molar-refractivity contribution in [3.05, 3.63) is 94.5 Å². The molecule has 0 amide bonds. The maximum absolute atomic E-state index is 13.0. The second kappa shape index (κ2) is 9.40. The van der Waals surface area contributed by atoms with Gasteiger partial charge in [-0.1, -0.05) is 55.5 Å². The van der Waals surface area contributed by atoms with Crippen molar-refractivity contribution >= 4 is 17.4 Å². The number of Topliss-reactive ketones (excluding diaryl/α,β-unsaturated/α-hetero) is 1. The van der Waals surface area contributed by atoms with E-state index in [0.29, 0.717) is 11.7 Å². The number of carbonyl (C=O) groups is 1. The zero-order valence-electron chi connectivity index (χ0n) is 20.1. The monoisotopic (exact) mass is 481 g/mol. The molecule has 0 spiro atoms. The van der Waals surface area contributed by atoms with Crippen LogP contribution < -0.4 is 0 Å². The molecule has 4 nitrogen and oxygen atoms in total. The number of rotatable bonds is 5. The lowest BCUT2D eigenvalue weighted by Crippen LogP contribution is -2.48. The largest absolute Gasteiger partial charge is 0.293 e. The van der Waals surface area contributed by atoms with E-state index >= 15 is 0 Å². The van der Waals surface area contributed by atoms with Gasteiger partial charge in [-0.15, -0.1) is 11.6 Å². The molecule has 0 aliphatic heterocycles. The van der Waals surface area contributed by atoms with Gasteiger partial charge in [0.15, 0.2) is 5.78 Å². The molecule has 0 saturated carbocycles. The highest BCUT2D eigenvalue weighted by Crippen LogP contribution is 2.54. The zero-order valence-corrected chi connectivity index (χ0v) is 20.8. The number of hydrogen-bond acceptors (Lipinski definition) is 4. The highest BCUT2D eigenvalue weighted by atomic mass is 35.5. The summed E-state index contributed by atoms with van der Waals surface area (Å²) in [5.41, 5.74) is 5.95. The van der Waals surface area contributed by atoms with Gasteiger partial charge in [0, 0.05) is 22.9 Å². The molecule has 0 fully saturated rings. The van der Waals surface area contributed by atoms with Crippen LogP contribution in [0.3, 0.4) is 0 Å². The van der Waals surface area contributed by atoms with Crippen LogP contribution in [0, 0.1) is 30.1 Å². The lowest BCUT2D eigenvalue weighted by Gasteiger charge is -2.48. The molecule has 0 saturated heterocycles. The molecule has 2 aliphatic carbocycles. The number of alkyl halides is 1. The molecule has 0 radical (unpaired) electrons. The first-order chi connectivity index (χ1) is 17.0. The summed E-state index contributed by atoms with van der Waals surface area (Å²) in [6.07, 6.45) is 5.38. The van der Waals surface area contributed by atoms with Crippen LogP contribution in [0.4, 0.5) is 0 Å². The summed E-state index contributed by atoms with van der Waals surface area (Å²) in [5.74, 6) is 1.03. The minimum absolute atomic E-state index is 0.0270. The second-order valence-electron chi connectivity index (χ2n) is 9.64. The third-order valence-corrected chi connectivity index (χ3v) is 7.89. The summed E-state index contributed by atoms with van der Waals surface area (Å²) in [5, 5.41) is 9.89. The molecule has 0 bridgehead atoms. The van der Waals surface area contributed by atoms with Gasteiger partial charge in [0.05, 0.1) is 22.4 Å². The van der Waals surface area contributed by atoms with Crippen molar-refractivity contribution in [2.24, 2.45) is 11.8 Å². The Bertz CT molecular complexity index is 1360.